The van der Waals surface area contributed by atoms with Crippen molar-refractivity contribution in [3.63, 3.8) is 0 Å². The third-order valence-corrected chi connectivity index (χ3v) is 5.62. The van der Waals surface area contributed by atoms with E-state index in [-0.39, 0.29) is 5.60 Å². The van der Waals surface area contributed by atoms with E-state index in [2.05, 4.69) is 26.8 Å². The number of pyridine rings is 2. The summed E-state index contributed by atoms with van der Waals surface area (Å²) in [5.41, 5.74) is 6.16. The smallest absolute Gasteiger partial charge is 0.121 e. The number of aryl methyl sites for hydroxylation is 1. The SMILES string of the molecule is CC(C)(C)OCCOc1ccc2c(-c3c(-c4ccccn4)nn4c3CCC4)ccnc2c1. The molecule has 1 aromatic carbocycles. The van der Waals surface area contributed by atoms with Gasteiger partial charge in [0.2, 0.25) is 0 Å². The molecule has 5 rings (SSSR count). The van der Waals surface area contributed by atoms with E-state index in [9.17, 15) is 0 Å². The second-order valence-corrected chi connectivity index (χ2v) is 9.06. The number of nitrogens with zero attached hydrogens (tertiary/aromatic N) is 4. The summed E-state index contributed by atoms with van der Waals surface area (Å²) in [5, 5.41) is 6.02. The molecule has 0 spiro atoms. The Morgan fingerprint density at radius 3 is 2.72 bits per heavy atom. The fourth-order valence-electron chi connectivity index (χ4n) is 4.24. The van der Waals surface area contributed by atoms with Crippen LogP contribution in [0.2, 0.25) is 0 Å². The van der Waals surface area contributed by atoms with E-state index in [4.69, 9.17) is 14.6 Å². The van der Waals surface area contributed by atoms with Crippen molar-refractivity contribution in [3.05, 3.63) is 60.6 Å². The first-order chi connectivity index (χ1) is 15.5. The molecule has 0 amide bonds. The number of hydrogen-bond acceptors (Lipinski definition) is 5. The summed E-state index contributed by atoms with van der Waals surface area (Å²) in [7, 11) is 0. The quantitative estimate of drug-likeness (QED) is 0.390. The van der Waals surface area contributed by atoms with Crippen LogP contribution >= 0.6 is 0 Å². The standard InChI is InChI=1S/C26H28N4O2/c1-26(2,3)32-16-15-31-18-9-10-19-20(11-13-28-22(19)17-18)24-23-8-6-14-30(23)29-25(24)21-7-4-5-12-27-21/h4-5,7,9-13,17H,6,8,14-16H2,1-3H3. The number of hydrogen-bond donors (Lipinski definition) is 0. The van der Waals surface area contributed by atoms with Crippen molar-refractivity contribution in [2.24, 2.45) is 0 Å². The Morgan fingerprint density at radius 1 is 1.00 bits per heavy atom. The maximum atomic E-state index is 5.92. The average Bonchev–Trinajstić information content (AvgIpc) is 3.38. The summed E-state index contributed by atoms with van der Waals surface area (Å²) in [6, 6.07) is 14.2. The molecule has 32 heavy (non-hydrogen) atoms. The number of ether oxygens (including phenoxy) is 2. The summed E-state index contributed by atoms with van der Waals surface area (Å²) >= 11 is 0. The van der Waals surface area contributed by atoms with Crippen LogP contribution < -0.4 is 4.74 Å². The van der Waals surface area contributed by atoms with Gasteiger partial charge in [-0.25, -0.2) is 0 Å². The van der Waals surface area contributed by atoms with Gasteiger partial charge in [-0.3, -0.25) is 14.6 Å². The Balaban J connectivity index is 1.51. The molecule has 4 aromatic rings. The summed E-state index contributed by atoms with van der Waals surface area (Å²) in [5.74, 6) is 0.796. The summed E-state index contributed by atoms with van der Waals surface area (Å²) < 4.78 is 13.8. The minimum Gasteiger partial charge on any atom is -0.491 e. The Morgan fingerprint density at radius 2 is 1.91 bits per heavy atom. The number of fused-ring (bicyclic) bond motifs is 2. The van der Waals surface area contributed by atoms with E-state index in [1.165, 1.54) is 11.3 Å². The van der Waals surface area contributed by atoms with E-state index < -0.39 is 0 Å². The van der Waals surface area contributed by atoms with Gasteiger partial charge in [0.25, 0.3) is 0 Å². The van der Waals surface area contributed by atoms with Crippen molar-refractivity contribution in [3.8, 4) is 28.3 Å². The van der Waals surface area contributed by atoms with Gasteiger partial charge in [-0.1, -0.05) is 6.07 Å². The predicted octanol–water partition coefficient (Wildman–Crippen LogP) is 5.30. The zero-order chi connectivity index (χ0) is 22.1. The van der Waals surface area contributed by atoms with Gasteiger partial charge in [0.05, 0.1) is 23.4 Å². The van der Waals surface area contributed by atoms with E-state index in [1.54, 1.807) is 0 Å². The molecule has 0 fully saturated rings. The first kappa shape index (κ1) is 20.6. The van der Waals surface area contributed by atoms with Gasteiger partial charge in [-0.05, 0) is 69.5 Å². The molecule has 0 radical (unpaired) electrons. The first-order valence-electron chi connectivity index (χ1n) is 11.2. The van der Waals surface area contributed by atoms with Crippen LogP contribution in [-0.2, 0) is 17.7 Å². The minimum atomic E-state index is -0.166. The zero-order valence-corrected chi connectivity index (χ0v) is 18.8. The van der Waals surface area contributed by atoms with Crippen LogP contribution in [0.5, 0.6) is 5.75 Å². The zero-order valence-electron chi connectivity index (χ0n) is 18.8. The normalized spacial score (nSPS) is 13.5. The van der Waals surface area contributed by atoms with Crippen molar-refractivity contribution < 1.29 is 9.47 Å². The monoisotopic (exact) mass is 428 g/mol. The molecule has 0 unspecified atom stereocenters. The summed E-state index contributed by atoms with van der Waals surface area (Å²) in [6.07, 6.45) is 5.83. The van der Waals surface area contributed by atoms with Crippen LogP contribution in [0.25, 0.3) is 33.4 Å². The van der Waals surface area contributed by atoms with E-state index in [0.29, 0.717) is 13.2 Å². The van der Waals surface area contributed by atoms with E-state index >= 15 is 0 Å². The Bertz CT molecular complexity index is 1240. The van der Waals surface area contributed by atoms with Crippen molar-refractivity contribution in [2.75, 3.05) is 13.2 Å². The molecule has 0 bridgehead atoms. The van der Waals surface area contributed by atoms with Crippen LogP contribution in [-0.4, -0.2) is 38.6 Å². The van der Waals surface area contributed by atoms with Gasteiger partial charge in [0.15, 0.2) is 0 Å². The highest BCUT2D eigenvalue weighted by Gasteiger charge is 2.25. The predicted molar refractivity (Wildman–Crippen MR) is 126 cm³/mol. The molecule has 6 nitrogen and oxygen atoms in total. The number of aromatic nitrogens is 4. The van der Waals surface area contributed by atoms with E-state index in [0.717, 1.165) is 53.0 Å². The lowest BCUT2D eigenvalue weighted by Crippen LogP contribution is -2.22. The lowest BCUT2D eigenvalue weighted by atomic mass is 9.96. The van der Waals surface area contributed by atoms with Crippen molar-refractivity contribution >= 4 is 10.9 Å². The molecule has 4 heterocycles. The molecule has 0 N–H and O–H groups in total. The summed E-state index contributed by atoms with van der Waals surface area (Å²) in [4.78, 5) is 9.20. The van der Waals surface area contributed by atoms with Crippen LogP contribution in [0.3, 0.4) is 0 Å². The lowest BCUT2D eigenvalue weighted by Gasteiger charge is -2.19. The highest BCUT2D eigenvalue weighted by atomic mass is 16.5. The molecular formula is C26H28N4O2. The fraction of sp³-hybridized carbons (Fsp3) is 0.346. The summed E-state index contributed by atoms with van der Waals surface area (Å²) in [6.45, 7) is 8.13. The third kappa shape index (κ3) is 4.10. The van der Waals surface area contributed by atoms with Gasteiger partial charge in [-0.2, -0.15) is 5.10 Å². The molecule has 164 valence electrons. The second-order valence-electron chi connectivity index (χ2n) is 9.06. The van der Waals surface area contributed by atoms with Crippen molar-refractivity contribution in [1.82, 2.24) is 19.7 Å². The highest BCUT2D eigenvalue weighted by molar-refractivity contribution is 5.99. The average molecular weight is 429 g/mol. The molecule has 3 aromatic heterocycles. The molecule has 0 saturated carbocycles. The fourth-order valence-corrected chi connectivity index (χ4v) is 4.24. The molecule has 0 saturated heterocycles. The molecule has 0 aliphatic carbocycles. The molecule has 1 aliphatic heterocycles. The maximum absolute atomic E-state index is 5.92. The van der Waals surface area contributed by atoms with Crippen LogP contribution in [0.4, 0.5) is 0 Å². The van der Waals surface area contributed by atoms with Crippen LogP contribution in [0, 0.1) is 0 Å². The van der Waals surface area contributed by atoms with Gasteiger partial charge in [-0.15, -0.1) is 0 Å². The lowest BCUT2D eigenvalue weighted by molar-refractivity contribution is -0.0162. The Kier molecular flexibility index (Phi) is 5.39. The minimum absolute atomic E-state index is 0.166. The van der Waals surface area contributed by atoms with Crippen LogP contribution in [0.1, 0.15) is 32.9 Å². The Hall–Kier alpha value is -3.25. The van der Waals surface area contributed by atoms with Crippen molar-refractivity contribution in [1.29, 1.82) is 0 Å². The molecule has 6 heteroatoms. The molecule has 1 aliphatic rings. The van der Waals surface area contributed by atoms with Gasteiger partial charge >= 0.3 is 0 Å². The van der Waals surface area contributed by atoms with E-state index in [1.807, 2.05) is 63.5 Å². The highest BCUT2D eigenvalue weighted by Crippen LogP contribution is 2.40. The largest absolute Gasteiger partial charge is 0.491 e. The second kappa shape index (κ2) is 8.36. The number of benzene rings is 1. The van der Waals surface area contributed by atoms with Gasteiger partial charge < -0.3 is 9.47 Å². The topological polar surface area (TPSA) is 62.1 Å². The maximum Gasteiger partial charge on any atom is 0.121 e. The van der Waals surface area contributed by atoms with Gasteiger partial charge in [0, 0.05) is 41.6 Å². The number of rotatable bonds is 6. The van der Waals surface area contributed by atoms with Crippen molar-refractivity contribution in [2.45, 2.75) is 45.8 Å². The molecule has 0 atom stereocenters. The van der Waals surface area contributed by atoms with Gasteiger partial charge in [0.1, 0.15) is 18.1 Å². The molecular weight excluding hydrogens is 400 g/mol. The Labute approximate surface area is 188 Å². The van der Waals surface area contributed by atoms with Crippen LogP contribution in [0.15, 0.2) is 54.9 Å². The first-order valence-corrected chi connectivity index (χ1v) is 11.2. The third-order valence-electron chi connectivity index (χ3n) is 5.62.